The molecule has 5 heteroatoms. The van der Waals surface area contributed by atoms with Crippen molar-refractivity contribution in [2.75, 3.05) is 25.2 Å². The van der Waals surface area contributed by atoms with Crippen molar-refractivity contribution in [2.45, 2.75) is 32.7 Å². The summed E-state index contributed by atoms with van der Waals surface area (Å²) in [6.45, 7) is 4.69. The number of benzene rings is 1. The minimum atomic E-state index is -3.06. The van der Waals surface area contributed by atoms with Crippen molar-refractivity contribution in [1.29, 1.82) is 0 Å². The average molecular weight is 299 g/mol. The molecule has 0 bridgehead atoms. The Balaban J connectivity index is 2.94. The van der Waals surface area contributed by atoms with E-state index >= 15 is 0 Å². The van der Waals surface area contributed by atoms with Crippen molar-refractivity contribution in [2.24, 2.45) is 0 Å². The highest BCUT2D eigenvalue weighted by Crippen LogP contribution is 2.26. The molecule has 1 rings (SSSR count). The fourth-order valence-electron chi connectivity index (χ4n) is 2.16. The molecule has 0 radical (unpaired) electrons. The van der Waals surface area contributed by atoms with Crippen LogP contribution in [0.3, 0.4) is 0 Å². The van der Waals surface area contributed by atoms with E-state index < -0.39 is 9.84 Å². The molecule has 0 aliphatic carbocycles. The smallest absolute Gasteiger partial charge is 0.152 e. The van der Waals surface area contributed by atoms with Gasteiger partial charge in [-0.3, -0.25) is 0 Å². The number of methoxy groups -OCH3 is 1. The summed E-state index contributed by atoms with van der Waals surface area (Å²) in [5, 5.41) is 3.25. The molecule has 0 aromatic heterocycles. The second-order valence-corrected chi connectivity index (χ2v) is 7.05. The molecule has 0 spiro atoms. The van der Waals surface area contributed by atoms with Gasteiger partial charge in [-0.2, -0.15) is 0 Å². The van der Waals surface area contributed by atoms with E-state index in [0.717, 1.165) is 17.7 Å². The Kier molecular flexibility index (Phi) is 7.02. The van der Waals surface area contributed by atoms with Crippen molar-refractivity contribution < 1.29 is 13.2 Å². The van der Waals surface area contributed by atoms with Crippen LogP contribution in [0.1, 0.15) is 38.3 Å². The molecule has 114 valence electrons. The Hall–Kier alpha value is -1.07. The molecule has 1 unspecified atom stereocenters. The van der Waals surface area contributed by atoms with Crippen LogP contribution < -0.4 is 10.1 Å². The second-order valence-electron chi connectivity index (χ2n) is 4.82. The van der Waals surface area contributed by atoms with Crippen LogP contribution in [0.2, 0.25) is 0 Å². The van der Waals surface area contributed by atoms with Crippen LogP contribution in [-0.4, -0.2) is 33.6 Å². The molecule has 0 aliphatic heterocycles. The van der Waals surface area contributed by atoms with Crippen LogP contribution in [0.25, 0.3) is 0 Å². The zero-order valence-corrected chi connectivity index (χ0v) is 13.4. The molecule has 1 N–H and O–H groups in total. The van der Waals surface area contributed by atoms with Gasteiger partial charge in [0.05, 0.1) is 18.6 Å². The molecular formula is C15H25NO3S. The van der Waals surface area contributed by atoms with Crippen LogP contribution >= 0.6 is 0 Å². The Bertz CT molecular complexity index is 500. The second kappa shape index (κ2) is 8.27. The van der Waals surface area contributed by atoms with Gasteiger partial charge in [-0.15, -0.1) is 0 Å². The normalized spacial score (nSPS) is 13.2. The molecule has 0 fully saturated rings. The lowest BCUT2D eigenvalue weighted by molar-refractivity contribution is 0.402. The predicted molar refractivity (Wildman–Crippen MR) is 83.0 cm³/mol. The molecule has 0 heterocycles. The summed E-state index contributed by atoms with van der Waals surface area (Å²) >= 11 is 0. The maximum Gasteiger partial charge on any atom is 0.152 e. The molecule has 0 saturated carbocycles. The maximum atomic E-state index is 12.2. The van der Waals surface area contributed by atoms with Crippen molar-refractivity contribution in [1.82, 2.24) is 5.32 Å². The third-order valence-electron chi connectivity index (χ3n) is 3.19. The monoisotopic (exact) mass is 299 g/mol. The summed E-state index contributed by atoms with van der Waals surface area (Å²) in [5.74, 6) is 1.09. The summed E-state index contributed by atoms with van der Waals surface area (Å²) < 4.78 is 29.7. The van der Waals surface area contributed by atoms with Gasteiger partial charge < -0.3 is 10.1 Å². The van der Waals surface area contributed by atoms with Crippen molar-refractivity contribution >= 4 is 9.84 Å². The third kappa shape index (κ3) is 5.13. The summed E-state index contributed by atoms with van der Waals surface area (Å²) in [7, 11) is -1.45. The number of hydrogen-bond acceptors (Lipinski definition) is 4. The van der Waals surface area contributed by atoms with Gasteiger partial charge in [-0.05, 0) is 19.0 Å². The van der Waals surface area contributed by atoms with Crippen molar-refractivity contribution in [3.63, 3.8) is 0 Å². The predicted octanol–water partition coefficient (Wildman–Crippen LogP) is 2.56. The standard InChI is InChI=1S/C15H25NO3S/c1-4-6-11-20(17,18)12-14(16-5-2)13-9-7-8-10-15(13)19-3/h7-10,14,16H,4-6,11-12H2,1-3H3. The fourth-order valence-corrected chi connectivity index (χ4v) is 3.86. The highest BCUT2D eigenvalue weighted by molar-refractivity contribution is 7.91. The summed E-state index contributed by atoms with van der Waals surface area (Å²) in [5.41, 5.74) is 0.900. The Morgan fingerprint density at radius 3 is 2.55 bits per heavy atom. The first-order chi connectivity index (χ1) is 9.54. The number of rotatable bonds is 9. The molecule has 20 heavy (non-hydrogen) atoms. The lowest BCUT2D eigenvalue weighted by atomic mass is 10.1. The quantitative estimate of drug-likeness (QED) is 0.761. The van der Waals surface area contributed by atoms with Crippen molar-refractivity contribution in [3.05, 3.63) is 29.8 Å². The molecule has 1 aromatic rings. The molecule has 4 nitrogen and oxygen atoms in total. The molecule has 1 atom stereocenters. The first-order valence-corrected chi connectivity index (χ1v) is 8.93. The molecule has 0 aliphatic rings. The van der Waals surface area contributed by atoms with E-state index in [-0.39, 0.29) is 17.5 Å². The first kappa shape index (κ1) is 17.0. The Morgan fingerprint density at radius 2 is 1.95 bits per heavy atom. The van der Waals surface area contributed by atoms with Crippen LogP contribution in [0.5, 0.6) is 5.75 Å². The SMILES string of the molecule is CCCCS(=O)(=O)CC(NCC)c1ccccc1OC. The lowest BCUT2D eigenvalue weighted by Gasteiger charge is -2.20. The summed E-state index contributed by atoms with van der Waals surface area (Å²) in [4.78, 5) is 0. The van der Waals surface area contributed by atoms with Gasteiger partial charge in [0.25, 0.3) is 0 Å². The Morgan fingerprint density at radius 1 is 1.25 bits per heavy atom. The van der Waals surface area contributed by atoms with E-state index in [4.69, 9.17) is 4.74 Å². The maximum absolute atomic E-state index is 12.2. The van der Waals surface area contributed by atoms with Gasteiger partial charge in [-0.1, -0.05) is 38.5 Å². The molecular weight excluding hydrogens is 274 g/mol. The Labute approximate surface area is 122 Å². The highest BCUT2D eigenvalue weighted by atomic mass is 32.2. The van der Waals surface area contributed by atoms with E-state index in [1.165, 1.54) is 0 Å². The van der Waals surface area contributed by atoms with Gasteiger partial charge in [0.15, 0.2) is 9.84 Å². The lowest BCUT2D eigenvalue weighted by Crippen LogP contribution is -2.29. The molecule has 0 amide bonds. The van der Waals surface area contributed by atoms with E-state index in [1.807, 2.05) is 38.1 Å². The number of para-hydroxylation sites is 1. The molecule has 0 saturated heterocycles. The van der Waals surface area contributed by atoms with E-state index in [0.29, 0.717) is 13.0 Å². The number of hydrogen-bond donors (Lipinski definition) is 1. The third-order valence-corrected chi connectivity index (χ3v) is 4.95. The van der Waals surface area contributed by atoms with Crippen molar-refractivity contribution in [3.8, 4) is 5.75 Å². The minimum Gasteiger partial charge on any atom is -0.496 e. The first-order valence-electron chi connectivity index (χ1n) is 7.10. The zero-order chi connectivity index (χ0) is 15.0. The van der Waals surface area contributed by atoms with Crippen LogP contribution in [-0.2, 0) is 9.84 Å². The van der Waals surface area contributed by atoms with Gasteiger partial charge in [0, 0.05) is 11.6 Å². The van der Waals surface area contributed by atoms with E-state index in [9.17, 15) is 8.42 Å². The van der Waals surface area contributed by atoms with E-state index in [2.05, 4.69) is 5.32 Å². The van der Waals surface area contributed by atoms with Gasteiger partial charge in [-0.25, -0.2) is 8.42 Å². The number of nitrogens with one attached hydrogen (secondary N) is 1. The highest BCUT2D eigenvalue weighted by Gasteiger charge is 2.22. The number of sulfone groups is 1. The fraction of sp³-hybridized carbons (Fsp3) is 0.600. The van der Waals surface area contributed by atoms with Crippen LogP contribution in [0.15, 0.2) is 24.3 Å². The van der Waals surface area contributed by atoms with Gasteiger partial charge in [0.2, 0.25) is 0 Å². The summed E-state index contributed by atoms with van der Waals surface area (Å²) in [6, 6.07) is 7.34. The van der Waals surface area contributed by atoms with E-state index in [1.54, 1.807) is 7.11 Å². The largest absolute Gasteiger partial charge is 0.496 e. The number of ether oxygens (including phenoxy) is 1. The van der Waals surface area contributed by atoms with Gasteiger partial charge >= 0.3 is 0 Å². The minimum absolute atomic E-state index is 0.112. The zero-order valence-electron chi connectivity index (χ0n) is 12.6. The topological polar surface area (TPSA) is 55.4 Å². The van der Waals surface area contributed by atoms with Crippen LogP contribution in [0, 0.1) is 0 Å². The average Bonchev–Trinajstić information content (AvgIpc) is 2.44. The summed E-state index contributed by atoms with van der Waals surface area (Å²) in [6.07, 6.45) is 1.60. The van der Waals surface area contributed by atoms with Gasteiger partial charge in [0.1, 0.15) is 5.75 Å². The van der Waals surface area contributed by atoms with Crippen LogP contribution in [0.4, 0.5) is 0 Å². The molecule has 1 aromatic carbocycles. The number of unbranched alkanes of at least 4 members (excludes halogenated alkanes) is 1.